The summed E-state index contributed by atoms with van der Waals surface area (Å²) in [5.41, 5.74) is 13.2. The van der Waals surface area contributed by atoms with Crippen molar-refractivity contribution in [2.45, 2.75) is 76.4 Å². The SMILES string of the molecule is CC(C)OC(=O)/C=C/CCC(NC(=O)C1C=CCC1C(=O)C(N)N)C(=O)C1Cc2c([nH]c3ccccc23)CC1C(=O)NC(C(=O)O)C(OC=O)C(=O)O. The lowest BCUT2D eigenvalue weighted by atomic mass is 9.73. The number of nitrogens with one attached hydrogen (secondary N) is 3. The summed E-state index contributed by atoms with van der Waals surface area (Å²) in [4.78, 5) is 105. The Morgan fingerprint density at radius 1 is 0.943 bits per heavy atom. The van der Waals surface area contributed by atoms with E-state index in [0.717, 1.165) is 5.39 Å². The molecule has 1 aromatic carbocycles. The number of hydrogen-bond donors (Lipinski definition) is 7. The summed E-state index contributed by atoms with van der Waals surface area (Å²) in [6.45, 7) is 3.09. The zero-order valence-corrected chi connectivity index (χ0v) is 29.1. The Balaban J connectivity index is 1.71. The molecular formula is C36H43N5O12. The minimum absolute atomic E-state index is 0.0312. The fourth-order valence-corrected chi connectivity index (χ4v) is 6.82. The highest BCUT2D eigenvalue weighted by molar-refractivity contribution is 5.99. The molecule has 284 valence electrons. The van der Waals surface area contributed by atoms with Crippen LogP contribution in [0, 0.1) is 23.7 Å². The fraction of sp³-hybridized carbons (Fsp3) is 0.444. The average molecular weight is 738 g/mol. The molecule has 0 saturated carbocycles. The Morgan fingerprint density at radius 2 is 1.66 bits per heavy atom. The third-order valence-electron chi connectivity index (χ3n) is 9.30. The number of nitrogens with two attached hydrogens (primary N) is 2. The maximum absolute atomic E-state index is 14.7. The normalized spacial score (nSPS) is 21.1. The molecule has 2 aliphatic carbocycles. The van der Waals surface area contributed by atoms with Crippen LogP contribution in [-0.4, -0.2) is 93.4 Å². The number of carboxylic acid groups (broad SMARTS) is 2. The Bertz CT molecular complexity index is 1810. The van der Waals surface area contributed by atoms with Crippen molar-refractivity contribution in [3.05, 3.63) is 59.8 Å². The van der Waals surface area contributed by atoms with Crippen molar-refractivity contribution < 1.29 is 58.0 Å². The molecule has 17 nitrogen and oxygen atoms in total. The molecule has 0 aliphatic heterocycles. The highest BCUT2D eigenvalue weighted by atomic mass is 16.6. The molecule has 0 radical (unpaired) electrons. The van der Waals surface area contributed by atoms with Crippen LogP contribution in [0.25, 0.3) is 10.9 Å². The number of aliphatic carboxylic acids is 2. The molecule has 9 N–H and O–H groups in total. The van der Waals surface area contributed by atoms with E-state index in [-0.39, 0.29) is 44.7 Å². The van der Waals surface area contributed by atoms with Crippen LogP contribution in [0.2, 0.25) is 0 Å². The first-order valence-corrected chi connectivity index (χ1v) is 17.0. The molecule has 0 spiro atoms. The minimum Gasteiger partial charge on any atom is -0.480 e. The van der Waals surface area contributed by atoms with Crippen LogP contribution in [0.15, 0.2) is 48.6 Å². The van der Waals surface area contributed by atoms with Crippen LogP contribution in [0.1, 0.15) is 44.4 Å². The number of H-pyrrole nitrogens is 1. The number of ether oxygens (including phenoxy) is 2. The minimum atomic E-state index is -2.28. The molecule has 2 amide bonds. The zero-order chi connectivity index (χ0) is 39.0. The summed E-state index contributed by atoms with van der Waals surface area (Å²) in [6.07, 6.45) is 1.90. The van der Waals surface area contributed by atoms with E-state index in [1.165, 1.54) is 18.2 Å². The predicted octanol–water partition coefficient (Wildman–Crippen LogP) is 0.0413. The molecule has 7 atom stereocenters. The Kier molecular flexibility index (Phi) is 13.4. The van der Waals surface area contributed by atoms with Crippen LogP contribution in [0.4, 0.5) is 0 Å². The number of rotatable bonds is 18. The topological polar surface area (TPSA) is 287 Å². The second kappa shape index (κ2) is 17.7. The van der Waals surface area contributed by atoms with Crippen molar-refractivity contribution in [1.82, 2.24) is 15.6 Å². The molecule has 0 saturated heterocycles. The third-order valence-corrected chi connectivity index (χ3v) is 9.30. The molecule has 7 unspecified atom stereocenters. The number of Topliss-reactive ketones (excluding diaryl/α,β-unsaturated/α-hetero) is 2. The number of carbonyl (C=O) groups excluding carboxylic acids is 6. The molecule has 4 rings (SSSR count). The lowest BCUT2D eigenvalue weighted by Gasteiger charge is -2.34. The zero-order valence-electron chi connectivity index (χ0n) is 29.1. The van der Waals surface area contributed by atoms with Gasteiger partial charge in [-0.1, -0.05) is 36.4 Å². The summed E-state index contributed by atoms with van der Waals surface area (Å²) in [5, 5.41) is 25.0. The number of amides is 2. The molecule has 1 aromatic heterocycles. The molecule has 2 aliphatic rings. The van der Waals surface area contributed by atoms with Crippen molar-refractivity contribution in [2.75, 3.05) is 0 Å². The highest BCUT2D eigenvalue weighted by Gasteiger charge is 2.45. The van der Waals surface area contributed by atoms with Gasteiger partial charge in [-0.2, -0.15) is 0 Å². The van der Waals surface area contributed by atoms with E-state index < -0.39 is 89.3 Å². The second-order valence-corrected chi connectivity index (χ2v) is 13.2. The molecule has 0 bridgehead atoms. The van der Waals surface area contributed by atoms with Gasteiger partial charge >= 0.3 is 17.9 Å². The maximum Gasteiger partial charge on any atom is 0.347 e. The van der Waals surface area contributed by atoms with Crippen molar-refractivity contribution in [1.29, 1.82) is 0 Å². The van der Waals surface area contributed by atoms with Crippen LogP contribution in [0.3, 0.4) is 0 Å². The number of esters is 1. The maximum atomic E-state index is 14.7. The van der Waals surface area contributed by atoms with Crippen LogP contribution < -0.4 is 22.1 Å². The number of para-hydroxylation sites is 1. The van der Waals surface area contributed by atoms with Crippen molar-refractivity contribution in [3.8, 4) is 0 Å². The first-order chi connectivity index (χ1) is 25.1. The summed E-state index contributed by atoms with van der Waals surface area (Å²) in [5.74, 6) is -11.5. The van der Waals surface area contributed by atoms with Gasteiger partial charge in [-0.05, 0) is 51.2 Å². The van der Waals surface area contributed by atoms with Crippen LogP contribution in [-0.2, 0) is 60.7 Å². The number of carboxylic acids is 2. The van der Waals surface area contributed by atoms with E-state index in [1.54, 1.807) is 38.1 Å². The van der Waals surface area contributed by atoms with Gasteiger partial charge in [-0.25, -0.2) is 14.4 Å². The molecule has 2 aromatic rings. The van der Waals surface area contributed by atoms with Gasteiger partial charge in [0.05, 0.1) is 24.0 Å². The Labute approximate surface area is 303 Å². The van der Waals surface area contributed by atoms with Crippen molar-refractivity contribution >= 4 is 58.7 Å². The summed E-state index contributed by atoms with van der Waals surface area (Å²) in [6, 6.07) is 3.71. The largest absolute Gasteiger partial charge is 0.480 e. The van der Waals surface area contributed by atoms with Crippen molar-refractivity contribution in [2.24, 2.45) is 35.1 Å². The highest BCUT2D eigenvalue weighted by Crippen LogP contribution is 2.37. The molecule has 0 fully saturated rings. The summed E-state index contributed by atoms with van der Waals surface area (Å²) >= 11 is 0. The number of hydrogen-bond acceptors (Lipinski definition) is 12. The van der Waals surface area contributed by atoms with E-state index in [0.29, 0.717) is 16.8 Å². The Hall–Kier alpha value is -5.68. The number of aromatic amines is 1. The number of aromatic nitrogens is 1. The monoisotopic (exact) mass is 737 g/mol. The van der Waals surface area contributed by atoms with Gasteiger partial charge in [-0.3, -0.25) is 24.0 Å². The van der Waals surface area contributed by atoms with Gasteiger partial charge in [0.25, 0.3) is 6.47 Å². The van der Waals surface area contributed by atoms with E-state index in [9.17, 15) is 48.6 Å². The quantitative estimate of drug-likeness (QED) is 0.0350. The van der Waals surface area contributed by atoms with E-state index in [2.05, 4.69) is 20.4 Å². The number of allylic oxidation sites excluding steroid dienone is 2. The lowest BCUT2D eigenvalue weighted by Crippen LogP contribution is -2.57. The first kappa shape index (κ1) is 40.1. The number of fused-ring (bicyclic) bond motifs is 3. The van der Waals surface area contributed by atoms with Gasteiger partial charge in [0, 0.05) is 40.9 Å². The second-order valence-electron chi connectivity index (χ2n) is 13.2. The van der Waals surface area contributed by atoms with Crippen LogP contribution in [0.5, 0.6) is 0 Å². The lowest BCUT2D eigenvalue weighted by molar-refractivity contribution is -0.165. The average Bonchev–Trinajstić information content (AvgIpc) is 3.74. The molecule has 17 heteroatoms. The molecule has 1 heterocycles. The van der Waals surface area contributed by atoms with Gasteiger partial charge in [0.1, 0.15) is 6.17 Å². The third kappa shape index (κ3) is 9.61. The first-order valence-electron chi connectivity index (χ1n) is 17.0. The number of carbonyl (C=O) groups is 8. The van der Waals surface area contributed by atoms with Gasteiger partial charge in [-0.15, -0.1) is 0 Å². The van der Waals surface area contributed by atoms with E-state index in [4.69, 9.17) is 16.2 Å². The van der Waals surface area contributed by atoms with Gasteiger partial charge in [0.15, 0.2) is 17.6 Å². The smallest absolute Gasteiger partial charge is 0.347 e. The molecule has 53 heavy (non-hydrogen) atoms. The van der Waals surface area contributed by atoms with E-state index >= 15 is 0 Å². The summed E-state index contributed by atoms with van der Waals surface area (Å²) < 4.78 is 9.57. The standard InChI is InChI=1S/C36H43N5O12/c1-17(2)53-27(43)13-6-5-12-25(40-33(46)20-10-7-9-19(20)30(45)32(37)38)29(44)22-14-21-18-8-3-4-11-24(18)39-26(21)15-23(22)34(47)41-28(35(48)49)31(36(50)51)52-16-42/h3-4,6-8,10-11,13,16-17,19-20,22-23,25,28,31-32,39H,5,9,12,14-15,37-38H2,1-2H3,(H,40,46)(H,41,47)(H,48,49)(H,50,51)/b13-6+. The molecular weight excluding hydrogens is 694 g/mol. The fourth-order valence-electron chi connectivity index (χ4n) is 6.82. The predicted molar refractivity (Wildman–Crippen MR) is 185 cm³/mol. The van der Waals surface area contributed by atoms with Gasteiger partial charge < -0.3 is 46.8 Å². The van der Waals surface area contributed by atoms with Crippen molar-refractivity contribution in [3.63, 3.8) is 0 Å². The Morgan fingerprint density at radius 3 is 2.30 bits per heavy atom. The van der Waals surface area contributed by atoms with Gasteiger partial charge in [0.2, 0.25) is 17.9 Å². The summed E-state index contributed by atoms with van der Waals surface area (Å²) in [7, 11) is 0. The number of benzene rings is 1. The van der Waals surface area contributed by atoms with Crippen LogP contribution >= 0.6 is 0 Å². The number of ketones is 2. The van der Waals surface area contributed by atoms with E-state index in [1.807, 2.05) is 6.07 Å².